The van der Waals surface area contributed by atoms with E-state index in [1.165, 1.54) is 6.33 Å². The van der Waals surface area contributed by atoms with Gasteiger partial charge in [0.2, 0.25) is 0 Å². The maximum atomic E-state index is 11.1. The molecule has 0 atom stereocenters. The minimum absolute atomic E-state index is 0.199. The van der Waals surface area contributed by atoms with E-state index >= 15 is 0 Å². The summed E-state index contributed by atoms with van der Waals surface area (Å²) in [4.78, 5) is 19.1. The van der Waals surface area contributed by atoms with Gasteiger partial charge >= 0.3 is 0 Å². The van der Waals surface area contributed by atoms with Crippen molar-refractivity contribution in [3.63, 3.8) is 0 Å². The van der Waals surface area contributed by atoms with Crippen molar-refractivity contribution < 1.29 is 4.79 Å². The standard InChI is InChI=1S/C9H11N7OS/c10-13-9(17)7-5-16(15-14-7)3-4-18-8-1-2-11-6-12-8/h1-2,5-6H,3-4,10H2,(H,13,17). The monoisotopic (exact) mass is 265 g/mol. The average Bonchev–Trinajstić information content (AvgIpc) is 2.88. The second-order valence-corrected chi connectivity index (χ2v) is 4.35. The third-order valence-electron chi connectivity index (χ3n) is 2.03. The lowest BCUT2D eigenvalue weighted by atomic mass is 10.5. The number of carbonyl (C=O) groups is 1. The Morgan fingerprint density at radius 2 is 2.44 bits per heavy atom. The average molecular weight is 265 g/mol. The van der Waals surface area contributed by atoms with E-state index in [0.717, 1.165) is 10.8 Å². The Kier molecular flexibility index (Phi) is 4.20. The van der Waals surface area contributed by atoms with E-state index < -0.39 is 5.91 Å². The highest BCUT2D eigenvalue weighted by Gasteiger charge is 2.08. The van der Waals surface area contributed by atoms with E-state index in [9.17, 15) is 4.79 Å². The Balaban J connectivity index is 1.84. The molecular weight excluding hydrogens is 254 g/mol. The molecule has 0 radical (unpaired) electrons. The second kappa shape index (κ2) is 6.07. The number of aromatic nitrogens is 5. The van der Waals surface area contributed by atoms with Gasteiger partial charge in [0.15, 0.2) is 5.69 Å². The molecule has 0 spiro atoms. The largest absolute Gasteiger partial charge is 0.289 e. The first-order valence-electron chi connectivity index (χ1n) is 5.09. The molecule has 0 aliphatic heterocycles. The first kappa shape index (κ1) is 12.5. The lowest BCUT2D eigenvalue weighted by molar-refractivity contribution is 0.0948. The predicted molar refractivity (Wildman–Crippen MR) is 64.4 cm³/mol. The quantitative estimate of drug-likeness (QED) is 0.245. The van der Waals surface area contributed by atoms with Crippen molar-refractivity contribution in [1.82, 2.24) is 30.4 Å². The summed E-state index contributed by atoms with van der Waals surface area (Å²) >= 11 is 1.57. The topological polar surface area (TPSA) is 112 Å². The first-order valence-corrected chi connectivity index (χ1v) is 6.08. The van der Waals surface area contributed by atoms with Crippen LogP contribution in [0.1, 0.15) is 10.5 Å². The number of nitrogens with one attached hydrogen (secondary N) is 1. The Bertz CT molecular complexity index is 515. The van der Waals surface area contributed by atoms with E-state index in [0.29, 0.717) is 6.54 Å². The summed E-state index contributed by atoms with van der Waals surface area (Å²) in [5.74, 6) is 5.31. The van der Waals surface area contributed by atoms with Crippen LogP contribution in [0.5, 0.6) is 0 Å². The number of hydrogen-bond donors (Lipinski definition) is 2. The third kappa shape index (κ3) is 3.25. The molecule has 0 saturated carbocycles. The van der Waals surface area contributed by atoms with Crippen molar-refractivity contribution in [2.75, 3.05) is 5.75 Å². The van der Waals surface area contributed by atoms with Crippen molar-refractivity contribution in [2.24, 2.45) is 5.84 Å². The summed E-state index contributed by atoms with van der Waals surface area (Å²) in [6.07, 6.45) is 4.73. The smallest absolute Gasteiger partial charge is 0.287 e. The minimum Gasteiger partial charge on any atom is -0.289 e. The third-order valence-corrected chi connectivity index (χ3v) is 2.95. The van der Waals surface area contributed by atoms with Gasteiger partial charge < -0.3 is 0 Å². The molecule has 0 aliphatic rings. The maximum Gasteiger partial charge on any atom is 0.287 e. The molecule has 1 amide bonds. The zero-order valence-electron chi connectivity index (χ0n) is 9.35. The van der Waals surface area contributed by atoms with Crippen LogP contribution in [-0.4, -0.2) is 36.6 Å². The summed E-state index contributed by atoms with van der Waals surface area (Å²) < 4.78 is 1.58. The van der Waals surface area contributed by atoms with Gasteiger partial charge in [-0.1, -0.05) is 5.21 Å². The number of nitrogens with two attached hydrogens (primary N) is 1. The molecule has 18 heavy (non-hydrogen) atoms. The normalized spacial score (nSPS) is 10.3. The van der Waals surface area contributed by atoms with Gasteiger partial charge in [0, 0.05) is 11.9 Å². The van der Waals surface area contributed by atoms with Crippen LogP contribution in [0.2, 0.25) is 0 Å². The predicted octanol–water partition coefficient (Wildman–Crippen LogP) is -0.536. The molecule has 0 fully saturated rings. The zero-order valence-corrected chi connectivity index (χ0v) is 10.2. The Labute approximate surface area is 107 Å². The molecule has 2 aromatic rings. The van der Waals surface area contributed by atoms with Gasteiger partial charge in [0.05, 0.1) is 17.8 Å². The highest BCUT2D eigenvalue weighted by molar-refractivity contribution is 7.99. The van der Waals surface area contributed by atoms with Crippen LogP contribution in [0.25, 0.3) is 0 Å². The van der Waals surface area contributed by atoms with Gasteiger partial charge in [-0.3, -0.25) is 14.9 Å². The summed E-state index contributed by atoms with van der Waals surface area (Å²) in [6, 6.07) is 1.83. The van der Waals surface area contributed by atoms with E-state index in [1.807, 2.05) is 11.5 Å². The molecular formula is C9H11N7OS. The molecule has 3 N–H and O–H groups in total. The molecule has 2 aromatic heterocycles. The molecule has 9 heteroatoms. The number of hydrazine groups is 1. The minimum atomic E-state index is -0.454. The van der Waals surface area contributed by atoms with Gasteiger partial charge in [0.25, 0.3) is 5.91 Å². The van der Waals surface area contributed by atoms with Crippen molar-refractivity contribution in [3.8, 4) is 0 Å². The molecule has 0 saturated heterocycles. The van der Waals surface area contributed by atoms with Crippen molar-refractivity contribution in [2.45, 2.75) is 11.6 Å². The maximum absolute atomic E-state index is 11.1. The van der Waals surface area contributed by atoms with Crippen LogP contribution >= 0.6 is 11.8 Å². The Morgan fingerprint density at radius 3 is 3.17 bits per heavy atom. The van der Waals surface area contributed by atoms with Gasteiger partial charge in [-0.25, -0.2) is 15.8 Å². The molecule has 0 bridgehead atoms. The Morgan fingerprint density at radius 1 is 1.56 bits per heavy atom. The van der Waals surface area contributed by atoms with Crippen molar-refractivity contribution in [1.29, 1.82) is 0 Å². The molecule has 0 unspecified atom stereocenters. The van der Waals surface area contributed by atoms with Crippen LogP contribution in [0.15, 0.2) is 29.8 Å². The van der Waals surface area contributed by atoms with Crippen LogP contribution in [0, 0.1) is 0 Å². The molecule has 94 valence electrons. The van der Waals surface area contributed by atoms with E-state index in [4.69, 9.17) is 5.84 Å². The Hall–Kier alpha value is -2.00. The number of nitrogen functional groups attached to an aromatic ring is 1. The van der Waals surface area contributed by atoms with Crippen molar-refractivity contribution in [3.05, 3.63) is 30.5 Å². The van der Waals surface area contributed by atoms with Crippen LogP contribution < -0.4 is 11.3 Å². The summed E-state index contributed by atoms with van der Waals surface area (Å²) in [7, 11) is 0. The number of nitrogens with zero attached hydrogens (tertiary/aromatic N) is 5. The fraction of sp³-hybridized carbons (Fsp3) is 0.222. The number of thioether (sulfide) groups is 1. The summed E-state index contributed by atoms with van der Waals surface area (Å²) in [5, 5.41) is 8.41. The fourth-order valence-corrected chi connectivity index (χ4v) is 1.96. The van der Waals surface area contributed by atoms with Crippen LogP contribution in [-0.2, 0) is 6.54 Å². The fourth-order valence-electron chi connectivity index (χ4n) is 1.19. The molecule has 2 rings (SSSR count). The van der Waals surface area contributed by atoms with Gasteiger partial charge in [-0.05, 0) is 6.07 Å². The van der Waals surface area contributed by atoms with E-state index in [2.05, 4.69) is 20.3 Å². The number of aryl methyl sites for hydroxylation is 1. The van der Waals surface area contributed by atoms with Crippen LogP contribution in [0.4, 0.5) is 0 Å². The lowest BCUT2D eigenvalue weighted by Gasteiger charge is -1.99. The van der Waals surface area contributed by atoms with E-state index in [-0.39, 0.29) is 5.69 Å². The summed E-state index contributed by atoms with van der Waals surface area (Å²) in [5.41, 5.74) is 2.20. The molecule has 0 aliphatic carbocycles. The lowest BCUT2D eigenvalue weighted by Crippen LogP contribution is -2.30. The number of amides is 1. The zero-order chi connectivity index (χ0) is 12.8. The molecule has 0 aromatic carbocycles. The van der Waals surface area contributed by atoms with Gasteiger partial charge in [0.1, 0.15) is 6.33 Å². The highest BCUT2D eigenvalue weighted by atomic mass is 32.2. The molecule has 8 nitrogen and oxygen atoms in total. The van der Waals surface area contributed by atoms with Crippen molar-refractivity contribution >= 4 is 17.7 Å². The van der Waals surface area contributed by atoms with Gasteiger partial charge in [-0.2, -0.15) is 0 Å². The van der Waals surface area contributed by atoms with E-state index in [1.54, 1.807) is 28.8 Å². The molecule has 2 heterocycles. The first-order chi connectivity index (χ1) is 8.79. The van der Waals surface area contributed by atoms with Crippen LogP contribution in [0.3, 0.4) is 0 Å². The number of carbonyl (C=O) groups excluding carboxylic acids is 1. The van der Waals surface area contributed by atoms with Gasteiger partial charge in [-0.15, -0.1) is 16.9 Å². The SMILES string of the molecule is NNC(=O)c1cn(CCSc2ccncn2)nn1. The highest BCUT2D eigenvalue weighted by Crippen LogP contribution is 2.13. The number of rotatable bonds is 5. The number of hydrogen-bond acceptors (Lipinski definition) is 7. The summed E-state index contributed by atoms with van der Waals surface area (Å²) in [6.45, 7) is 0.625. The second-order valence-electron chi connectivity index (χ2n) is 3.24.